The number of benzene rings is 3. The van der Waals surface area contributed by atoms with E-state index in [4.69, 9.17) is 0 Å². The average molecular weight is 289 g/mol. The Morgan fingerprint density at radius 2 is 1.55 bits per heavy atom. The average Bonchev–Trinajstić information content (AvgIpc) is 2.56. The predicted molar refractivity (Wildman–Crippen MR) is 87.9 cm³/mol. The molecule has 3 aromatic carbocycles. The van der Waals surface area contributed by atoms with E-state index in [0.717, 1.165) is 16.8 Å². The van der Waals surface area contributed by atoms with Crippen LogP contribution in [-0.2, 0) is 0 Å². The van der Waals surface area contributed by atoms with Gasteiger partial charge in [-0.25, -0.2) is 0 Å². The van der Waals surface area contributed by atoms with Crippen LogP contribution >= 0.6 is 0 Å². The third-order valence-corrected chi connectivity index (χ3v) is 3.37. The number of amides is 1. The highest BCUT2D eigenvalue weighted by Crippen LogP contribution is 2.28. The standard InChI is InChI=1S/C19H15NO2/c21-16-10-6-9-15(13-16)19(22)20-18-12-5-4-11-17(18)14-7-2-1-3-8-14/h1-13,21H,(H,20,22). The molecule has 3 rings (SSSR count). The van der Waals surface area contributed by atoms with Crippen LogP contribution in [0, 0.1) is 0 Å². The van der Waals surface area contributed by atoms with Gasteiger partial charge in [0.15, 0.2) is 0 Å². The zero-order valence-corrected chi connectivity index (χ0v) is 11.9. The van der Waals surface area contributed by atoms with E-state index in [2.05, 4.69) is 5.32 Å². The van der Waals surface area contributed by atoms with Crippen molar-refractivity contribution in [1.82, 2.24) is 0 Å². The molecule has 22 heavy (non-hydrogen) atoms. The minimum atomic E-state index is -0.251. The fourth-order valence-electron chi connectivity index (χ4n) is 2.30. The summed E-state index contributed by atoms with van der Waals surface area (Å²) in [6.07, 6.45) is 0. The summed E-state index contributed by atoms with van der Waals surface area (Å²) in [5.74, 6) is -0.178. The summed E-state index contributed by atoms with van der Waals surface area (Å²) in [5.41, 5.74) is 3.15. The van der Waals surface area contributed by atoms with Crippen LogP contribution < -0.4 is 5.32 Å². The topological polar surface area (TPSA) is 49.3 Å². The van der Waals surface area contributed by atoms with Crippen molar-refractivity contribution < 1.29 is 9.90 Å². The lowest BCUT2D eigenvalue weighted by atomic mass is 10.0. The molecule has 108 valence electrons. The van der Waals surface area contributed by atoms with E-state index in [1.807, 2.05) is 54.6 Å². The number of rotatable bonds is 3. The Bertz CT molecular complexity index is 797. The van der Waals surface area contributed by atoms with Crippen LogP contribution in [0.1, 0.15) is 10.4 Å². The molecule has 0 saturated heterocycles. The molecule has 0 spiro atoms. The van der Waals surface area contributed by atoms with Gasteiger partial charge in [-0.1, -0.05) is 54.6 Å². The number of hydrogen-bond donors (Lipinski definition) is 2. The Hall–Kier alpha value is -3.07. The van der Waals surface area contributed by atoms with Gasteiger partial charge in [-0.2, -0.15) is 0 Å². The van der Waals surface area contributed by atoms with Crippen LogP contribution in [-0.4, -0.2) is 11.0 Å². The molecule has 0 bridgehead atoms. The summed E-state index contributed by atoms with van der Waals surface area (Å²) in [6.45, 7) is 0. The summed E-state index contributed by atoms with van der Waals surface area (Å²) in [6, 6.07) is 23.8. The highest BCUT2D eigenvalue weighted by Gasteiger charge is 2.10. The fourth-order valence-corrected chi connectivity index (χ4v) is 2.30. The van der Waals surface area contributed by atoms with E-state index in [1.54, 1.807) is 12.1 Å². The minimum absolute atomic E-state index is 0.0731. The summed E-state index contributed by atoms with van der Waals surface area (Å²) < 4.78 is 0. The number of carbonyl (C=O) groups excluding carboxylic acids is 1. The number of para-hydroxylation sites is 1. The lowest BCUT2D eigenvalue weighted by molar-refractivity contribution is 0.102. The Labute approximate surface area is 128 Å². The molecule has 0 fully saturated rings. The first kappa shape index (κ1) is 13.9. The minimum Gasteiger partial charge on any atom is -0.508 e. The van der Waals surface area contributed by atoms with E-state index in [-0.39, 0.29) is 11.7 Å². The third kappa shape index (κ3) is 2.99. The summed E-state index contributed by atoms with van der Waals surface area (Å²) in [5, 5.41) is 12.4. The van der Waals surface area contributed by atoms with E-state index in [9.17, 15) is 9.90 Å². The Morgan fingerprint density at radius 3 is 2.32 bits per heavy atom. The molecule has 0 radical (unpaired) electrons. The molecular weight excluding hydrogens is 274 g/mol. The lowest BCUT2D eigenvalue weighted by Crippen LogP contribution is -2.12. The largest absolute Gasteiger partial charge is 0.508 e. The second-order valence-electron chi connectivity index (χ2n) is 4.92. The first-order chi connectivity index (χ1) is 10.7. The van der Waals surface area contributed by atoms with Crippen LogP contribution in [0.5, 0.6) is 5.75 Å². The van der Waals surface area contributed by atoms with Crippen molar-refractivity contribution in [2.45, 2.75) is 0 Å². The molecule has 3 aromatic rings. The number of hydrogen-bond acceptors (Lipinski definition) is 2. The number of phenols is 1. The fraction of sp³-hybridized carbons (Fsp3) is 0. The van der Waals surface area contributed by atoms with Crippen molar-refractivity contribution in [1.29, 1.82) is 0 Å². The van der Waals surface area contributed by atoms with Gasteiger partial charge in [0.1, 0.15) is 5.75 Å². The summed E-state index contributed by atoms with van der Waals surface area (Å²) >= 11 is 0. The molecule has 3 heteroatoms. The van der Waals surface area contributed by atoms with Gasteiger partial charge in [0.05, 0.1) is 0 Å². The molecule has 0 heterocycles. The van der Waals surface area contributed by atoms with Crippen molar-refractivity contribution in [3.05, 3.63) is 84.4 Å². The van der Waals surface area contributed by atoms with Gasteiger partial charge in [-0.05, 0) is 29.8 Å². The Balaban J connectivity index is 1.92. The van der Waals surface area contributed by atoms with Crippen molar-refractivity contribution in [2.75, 3.05) is 5.32 Å². The van der Waals surface area contributed by atoms with Crippen LogP contribution in [0.3, 0.4) is 0 Å². The number of aromatic hydroxyl groups is 1. The van der Waals surface area contributed by atoms with Crippen molar-refractivity contribution in [2.24, 2.45) is 0 Å². The van der Waals surface area contributed by atoms with Crippen LogP contribution in [0.2, 0.25) is 0 Å². The molecule has 0 aliphatic rings. The molecular formula is C19H15NO2. The van der Waals surface area contributed by atoms with Gasteiger partial charge < -0.3 is 10.4 Å². The van der Waals surface area contributed by atoms with Gasteiger partial charge in [0.2, 0.25) is 0 Å². The van der Waals surface area contributed by atoms with Gasteiger partial charge in [-0.3, -0.25) is 4.79 Å². The molecule has 0 unspecified atom stereocenters. The first-order valence-corrected chi connectivity index (χ1v) is 6.99. The smallest absolute Gasteiger partial charge is 0.255 e. The lowest BCUT2D eigenvalue weighted by Gasteiger charge is -2.11. The van der Waals surface area contributed by atoms with Crippen LogP contribution in [0.15, 0.2) is 78.9 Å². The quantitative estimate of drug-likeness (QED) is 0.754. The maximum Gasteiger partial charge on any atom is 0.255 e. The highest BCUT2D eigenvalue weighted by molar-refractivity contribution is 6.06. The number of anilines is 1. The normalized spacial score (nSPS) is 10.2. The second kappa shape index (κ2) is 6.14. The van der Waals surface area contributed by atoms with Crippen molar-refractivity contribution in [3.8, 4) is 16.9 Å². The molecule has 1 amide bonds. The van der Waals surface area contributed by atoms with Crippen LogP contribution in [0.4, 0.5) is 5.69 Å². The van der Waals surface area contributed by atoms with E-state index in [0.29, 0.717) is 5.56 Å². The van der Waals surface area contributed by atoms with E-state index >= 15 is 0 Å². The Morgan fingerprint density at radius 1 is 0.818 bits per heavy atom. The van der Waals surface area contributed by atoms with Crippen LogP contribution in [0.25, 0.3) is 11.1 Å². The molecule has 0 saturated carbocycles. The zero-order chi connectivity index (χ0) is 15.4. The van der Waals surface area contributed by atoms with Gasteiger partial charge in [0, 0.05) is 16.8 Å². The SMILES string of the molecule is O=C(Nc1ccccc1-c1ccccc1)c1cccc(O)c1. The van der Waals surface area contributed by atoms with Crippen molar-refractivity contribution >= 4 is 11.6 Å². The highest BCUT2D eigenvalue weighted by atomic mass is 16.3. The number of carbonyl (C=O) groups is 1. The molecule has 0 atom stereocenters. The predicted octanol–water partition coefficient (Wildman–Crippen LogP) is 4.31. The van der Waals surface area contributed by atoms with E-state index in [1.165, 1.54) is 12.1 Å². The Kier molecular flexibility index (Phi) is 3.88. The molecule has 0 aliphatic carbocycles. The first-order valence-electron chi connectivity index (χ1n) is 6.99. The number of nitrogens with one attached hydrogen (secondary N) is 1. The molecule has 0 aromatic heterocycles. The molecule has 3 nitrogen and oxygen atoms in total. The van der Waals surface area contributed by atoms with Gasteiger partial charge in [0.25, 0.3) is 5.91 Å². The van der Waals surface area contributed by atoms with E-state index < -0.39 is 0 Å². The second-order valence-corrected chi connectivity index (χ2v) is 4.92. The number of phenolic OH excluding ortho intramolecular Hbond substituents is 1. The monoisotopic (exact) mass is 289 g/mol. The maximum absolute atomic E-state index is 12.3. The third-order valence-electron chi connectivity index (χ3n) is 3.37. The molecule has 2 N–H and O–H groups in total. The van der Waals surface area contributed by atoms with Gasteiger partial charge in [-0.15, -0.1) is 0 Å². The summed E-state index contributed by atoms with van der Waals surface area (Å²) in [7, 11) is 0. The zero-order valence-electron chi connectivity index (χ0n) is 11.9. The molecule has 0 aliphatic heterocycles. The van der Waals surface area contributed by atoms with Gasteiger partial charge >= 0.3 is 0 Å². The summed E-state index contributed by atoms with van der Waals surface area (Å²) in [4.78, 5) is 12.3. The maximum atomic E-state index is 12.3. The van der Waals surface area contributed by atoms with Crippen molar-refractivity contribution in [3.63, 3.8) is 0 Å².